The molecule has 2 aromatic heterocycles. The fraction of sp³-hybridized carbons (Fsp3) is 0.353. The highest BCUT2D eigenvalue weighted by atomic mass is 19.1. The van der Waals surface area contributed by atoms with E-state index in [1.54, 1.807) is 13.1 Å². The number of H-pyrrole nitrogens is 1. The first-order chi connectivity index (χ1) is 12.0. The van der Waals surface area contributed by atoms with Crippen LogP contribution in [0.1, 0.15) is 19.4 Å². The molecule has 8 heteroatoms. The van der Waals surface area contributed by atoms with Crippen molar-refractivity contribution in [1.29, 1.82) is 0 Å². The maximum atomic E-state index is 14.3. The van der Waals surface area contributed by atoms with E-state index >= 15 is 0 Å². The number of fused-ring (bicyclic) bond motifs is 1. The molecule has 0 radical (unpaired) electrons. The highest BCUT2D eigenvalue weighted by molar-refractivity contribution is 5.74. The van der Waals surface area contributed by atoms with Crippen LogP contribution in [0.5, 0.6) is 0 Å². The number of hydrogen-bond acceptors (Lipinski definition) is 5. The summed E-state index contributed by atoms with van der Waals surface area (Å²) in [5, 5.41) is 7.48. The Morgan fingerprint density at radius 3 is 2.76 bits per heavy atom. The van der Waals surface area contributed by atoms with E-state index in [1.165, 1.54) is 16.9 Å². The number of aryl methyl sites for hydroxylation is 1. The number of aromatic amines is 1. The third-order valence-electron chi connectivity index (χ3n) is 4.18. The summed E-state index contributed by atoms with van der Waals surface area (Å²) in [6, 6.07) is 5.14. The van der Waals surface area contributed by atoms with Crippen molar-refractivity contribution in [2.45, 2.75) is 20.4 Å². The molecule has 0 amide bonds. The van der Waals surface area contributed by atoms with E-state index in [-0.39, 0.29) is 11.4 Å². The van der Waals surface area contributed by atoms with Crippen LogP contribution in [-0.2, 0) is 13.6 Å². The van der Waals surface area contributed by atoms with Crippen molar-refractivity contribution in [2.75, 3.05) is 23.3 Å². The molecule has 0 saturated carbocycles. The number of nitrogens with one attached hydrogen (secondary N) is 2. The van der Waals surface area contributed by atoms with E-state index in [0.717, 1.165) is 18.7 Å². The molecule has 2 N–H and O–H groups in total. The van der Waals surface area contributed by atoms with Crippen molar-refractivity contribution in [3.8, 4) is 0 Å². The van der Waals surface area contributed by atoms with E-state index in [1.807, 2.05) is 24.8 Å². The molecule has 3 aromatic rings. The monoisotopic (exact) mass is 344 g/mol. The third-order valence-corrected chi connectivity index (χ3v) is 4.18. The lowest BCUT2D eigenvalue weighted by molar-refractivity contribution is 0.618. The van der Waals surface area contributed by atoms with Crippen molar-refractivity contribution in [3.05, 3.63) is 46.1 Å². The smallest absolute Gasteiger partial charge is 0.263 e. The topological polar surface area (TPSA) is 78.8 Å². The van der Waals surface area contributed by atoms with Crippen molar-refractivity contribution >= 4 is 22.7 Å². The van der Waals surface area contributed by atoms with Gasteiger partial charge in [0.1, 0.15) is 11.2 Å². The van der Waals surface area contributed by atoms with Crippen LogP contribution in [0.2, 0.25) is 0 Å². The Kier molecular flexibility index (Phi) is 4.69. The van der Waals surface area contributed by atoms with E-state index < -0.39 is 0 Å². The lowest BCUT2D eigenvalue weighted by Gasteiger charge is -2.22. The SMILES string of the molecule is CCN(CC)c1ccc(CNc2nc3c(cnn3C)c(=O)[nH]2)cc1F. The minimum absolute atomic E-state index is 0.258. The van der Waals surface area contributed by atoms with Crippen LogP contribution in [-0.4, -0.2) is 32.8 Å². The predicted octanol–water partition coefficient (Wildman–Crippen LogP) is 2.25. The first-order valence-corrected chi connectivity index (χ1v) is 8.22. The number of anilines is 2. The van der Waals surface area contributed by atoms with Crippen molar-refractivity contribution in [1.82, 2.24) is 19.7 Å². The molecular formula is C17H21FN6O. The molecule has 2 heterocycles. The number of rotatable bonds is 6. The molecule has 25 heavy (non-hydrogen) atoms. The van der Waals surface area contributed by atoms with E-state index in [0.29, 0.717) is 29.2 Å². The zero-order chi connectivity index (χ0) is 18.0. The lowest BCUT2D eigenvalue weighted by atomic mass is 10.2. The molecule has 0 spiro atoms. The number of nitrogens with zero attached hydrogens (tertiary/aromatic N) is 4. The average molecular weight is 344 g/mol. The molecule has 1 aromatic carbocycles. The maximum Gasteiger partial charge on any atom is 0.263 e. The third kappa shape index (κ3) is 3.33. The van der Waals surface area contributed by atoms with Crippen molar-refractivity contribution < 1.29 is 4.39 Å². The molecule has 0 saturated heterocycles. The summed E-state index contributed by atoms with van der Waals surface area (Å²) < 4.78 is 15.9. The molecule has 0 unspecified atom stereocenters. The number of hydrogen-bond donors (Lipinski definition) is 2. The number of halogens is 1. The normalized spacial score (nSPS) is 11.0. The van der Waals surface area contributed by atoms with Crippen LogP contribution in [0.3, 0.4) is 0 Å². The van der Waals surface area contributed by atoms with Gasteiger partial charge in [0.05, 0.1) is 11.9 Å². The zero-order valence-electron chi connectivity index (χ0n) is 14.5. The standard InChI is InChI=1S/C17H21FN6O/c1-4-24(5-2)14-7-6-11(8-13(14)18)9-19-17-21-15-12(16(25)22-17)10-20-23(15)3/h6-8,10H,4-5,9H2,1-3H3,(H2,19,21,22,25). The Morgan fingerprint density at radius 1 is 1.32 bits per heavy atom. The van der Waals surface area contributed by atoms with Gasteiger partial charge < -0.3 is 10.2 Å². The Labute approximate surface area is 144 Å². The second-order valence-corrected chi connectivity index (χ2v) is 5.73. The van der Waals surface area contributed by atoms with Gasteiger partial charge in [0.25, 0.3) is 5.56 Å². The minimum atomic E-state index is -0.260. The molecule has 0 aliphatic rings. The molecule has 3 rings (SSSR count). The summed E-state index contributed by atoms with van der Waals surface area (Å²) in [6.07, 6.45) is 1.48. The fourth-order valence-corrected chi connectivity index (χ4v) is 2.78. The van der Waals surface area contributed by atoms with Gasteiger partial charge in [-0.2, -0.15) is 10.1 Å². The van der Waals surface area contributed by atoms with Gasteiger partial charge in [0.2, 0.25) is 5.95 Å². The summed E-state index contributed by atoms with van der Waals surface area (Å²) in [4.78, 5) is 21.0. The molecular weight excluding hydrogens is 323 g/mol. The molecule has 0 aliphatic heterocycles. The number of aromatic nitrogens is 4. The maximum absolute atomic E-state index is 14.3. The van der Waals surface area contributed by atoms with Gasteiger partial charge in [-0.15, -0.1) is 0 Å². The second-order valence-electron chi connectivity index (χ2n) is 5.73. The molecule has 132 valence electrons. The van der Waals surface area contributed by atoms with Gasteiger partial charge in [-0.3, -0.25) is 14.5 Å². The summed E-state index contributed by atoms with van der Waals surface area (Å²) in [5.74, 6) is 0.0702. The summed E-state index contributed by atoms with van der Waals surface area (Å²) in [5.41, 5.74) is 1.59. The first kappa shape index (κ1) is 16.9. The van der Waals surface area contributed by atoms with Gasteiger partial charge in [0.15, 0.2) is 5.65 Å². The minimum Gasteiger partial charge on any atom is -0.370 e. The van der Waals surface area contributed by atoms with Gasteiger partial charge in [-0.1, -0.05) is 6.07 Å². The second kappa shape index (κ2) is 6.92. The largest absolute Gasteiger partial charge is 0.370 e. The van der Waals surface area contributed by atoms with Crippen LogP contribution in [0, 0.1) is 5.82 Å². The Hall–Kier alpha value is -2.90. The number of benzene rings is 1. The lowest BCUT2D eigenvalue weighted by Crippen LogP contribution is -2.23. The predicted molar refractivity (Wildman–Crippen MR) is 96.4 cm³/mol. The molecule has 0 aliphatic carbocycles. The van der Waals surface area contributed by atoms with Crippen LogP contribution in [0.25, 0.3) is 11.0 Å². The van der Waals surface area contributed by atoms with E-state index in [4.69, 9.17) is 0 Å². The highest BCUT2D eigenvalue weighted by Gasteiger charge is 2.10. The van der Waals surface area contributed by atoms with E-state index in [9.17, 15) is 9.18 Å². The Bertz CT molecular complexity index is 944. The molecule has 7 nitrogen and oxygen atoms in total. The van der Waals surface area contributed by atoms with E-state index in [2.05, 4.69) is 20.4 Å². The van der Waals surface area contributed by atoms with Crippen LogP contribution in [0.4, 0.5) is 16.0 Å². The Balaban J connectivity index is 1.79. The summed E-state index contributed by atoms with van der Waals surface area (Å²) in [7, 11) is 1.72. The van der Waals surface area contributed by atoms with Crippen LogP contribution < -0.4 is 15.8 Å². The van der Waals surface area contributed by atoms with Crippen molar-refractivity contribution in [2.24, 2.45) is 7.05 Å². The van der Waals surface area contributed by atoms with Crippen LogP contribution in [0.15, 0.2) is 29.2 Å². The average Bonchev–Trinajstić information content (AvgIpc) is 2.97. The molecule has 0 atom stereocenters. The quantitative estimate of drug-likeness (QED) is 0.717. The van der Waals surface area contributed by atoms with Gasteiger partial charge >= 0.3 is 0 Å². The summed E-state index contributed by atoms with van der Waals surface area (Å²) in [6.45, 7) is 5.84. The molecule has 0 bridgehead atoms. The van der Waals surface area contributed by atoms with Gasteiger partial charge in [-0.25, -0.2) is 4.39 Å². The first-order valence-electron chi connectivity index (χ1n) is 8.22. The highest BCUT2D eigenvalue weighted by Crippen LogP contribution is 2.20. The van der Waals surface area contributed by atoms with Gasteiger partial charge in [0, 0.05) is 26.7 Å². The zero-order valence-corrected chi connectivity index (χ0v) is 14.5. The molecule has 0 fully saturated rings. The van der Waals surface area contributed by atoms with Crippen molar-refractivity contribution in [3.63, 3.8) is 0 Å². The van der Waals surface area contributed by atoms with Crippen LogP contribution >= 0.6 is 0 Å². The fourth-order valence-electron chi connectivity index (χ4n) is 2.78. The summed E-state index contributed by atoms with van der Waals surface area (Å²) >= 11 is 0. The Morgan fingerprint density at radius 2 is 2.08 bits per heavy atom. The van der Waals surface area contributed by atoms with Gasteiger partial charge in [-0.05, 0) is 31.5 Å².